The number of amides is 4. The van der Waals surface area contributed by atoms with Gasteiger partial charge >= 0.3 is 47.4 Å². The van der Waals surface area contributed by atoms with Gasteiger partial charge in [0.1, 0.15) is 28.2 Å². The van der Waals surface area contributed by atoms with E-state index in [0.717, 1.165) is 10.8 Å². The molecule has 0 heterocycles. The maximum absolute atomic E-state index is 12.4. The molecule has 0 aliphatic carbocycles. The van der Waals surface area contributed by atoms with Crippen molar-refractivity contribution in [1.82, 2.24) is 5.43 Å². The molecule has 0 saturated heterocycles. The first kappa shape index (κ1) is 54.1. The predicted octanol–water partition coefficient (Wildman–Crippen LogP) is 5.94. The maximum atomic E-state index is 12.4. The van der Waals surface area contributed by atoms with Crippen LogP contribution in [0, 0.1) is 6.07 Å². The van der Waals surface area contributed by atoms with Crippen LogP contribution in [0.5, 0.6) is 11.5 Å². The molecule has 0 saturated carbocycles. The average Bonchev–Trinajstić information content (AvgIpc) is 2.92. The molecule has 0 aliphatic heterocycles. The number of hydrogen-bond acceptors (Lipinski definition) is 10. The summed E-state index contributed by atoms with van der Waals surface area (Å²) in [5, 5.41) is 7.16. The number of rotatable bonds is 3. The first-order valence-electron chi connectivity index (χ1n) is 14.9. The first-order chi connectivity index (χ1) is 21.8. The fourth-order valence-corrected chi connectivity index (χ4v) is 2.80. The summed E-state index contributed by atoms with van der Waals surface area (Å²) < 4.78 is 30.1. The molecule has 0 radical (unpaired) electrons. The van der Waals surface area contributed by atoms with Crippen LogP contribution in [0.4, 0.5) is 24.9 Å². The van der Waals surface area contributed by atoms with Crippen LogP contribution in [0.2, 0.25) is 0 Å². The summed E-state index contributed by atoms with van der Waals surface area (Å²) in [5.41, 5.74) is 0.0923. The molecule has 284 valence electrons. The second-order valence-corrected chi connectivity index (χ2v) is 13.7. The maximum Gasteiger partial charge on any atom is 2.00 e. The minimum Gasteiger partial charge on any atom is -1.00 e. The van der Waals surface area contributed by atoms with Gasteiger partial charge in [-0.25, -0.2) is 24.6 Å². The summed E-state index contributed by atoms with van der Waals surface area (Å²) in [6.07, 6.45) is -3.32. The van der Waals surface area contributed by atoms with Crippen molar-refractivity contribution in [3.05, 3.63) is 54.6 Å². The van der Waals surface area contributed by atoms with Gasteiger partial charge in [-0.15, -0.1) is 12.1 Å². The number of carbonyl (C=O) groups is 4. The number of halogens is 1. The molecule has 1 N–H and O–H groups in total. The fourth-order valence-electron chi connectivity index (χ4n) is 2.80. The normalized spacial score (nSPS) is 10.7. The van der Waals surface area contributed by atoms with Crippen molar-refractivity contribution in [1.29, 1.82) is 0 Å². The van der Waals surface area contributed by atoms with Crippen LogP contribution in [0.15, 0.2) is 58.8 Å². The summed E-state index contributed by atoms with van der Waals surface area (Å²) in [7, 11) is 3.19. The van der Waals surface area contributed by atoms with Crippen molar-refractivity contribution in [3.8, 4) is 11.5 Å². The number of nitrogens with zero attached hydrogens (tertiary/aromatic N) is 3. The van der Waals surface area contributed by atoms with Crippen LogP contribution >= 0.6 is 0 Å². The zero-order valence-corrected chi connectivity index (χ0v) is 34.6. The number of benzene rings is 2. The van der Waals surface area contributed by atoms with Crippen LogP contribution in [0.3, 0.4) is 0 Å². The number of hydrazine groups is 1. The Morgan fingerprint density at radius 2 is 0.961 bits per heavy atom. The Morgan fingerprint density at radius 1 is 0.608 bits per heavy atom. The number of ether oxygens (including phenoxy) is 6. The van der Waals surface area contributed by atoms with E-state index < -0.39 is 46.8 Å². The van der Waals surface area contributed by atoms with E-state index in [9.17, 15) is 19.2 Å². The van der Waals surface area contributed by atoms with Crippen LogP contribution in [-0.4, -0.2) is 84.0 Å². The number of carbonyl (C=O) groups excluding carboxylic acids is 4. The van der Waals surface area contributed by atoms with E-state index >= 15 is 0 Å². The summed E-state index contributed by atoms with van der Waals surface area (Å²) in [6, 6.07) is 16.8. The van der Waals surface area contributed by atoms with Gasteiger partial charge < -0.3 is 45.4 Å². The number of methoxy groups -OCH3 is 2. The van der Waals surface area contributed by atoms with Gasteiger partial charge in [0.2, 0.25) is 0 Å². The molecule has 2 rings (SSSR count). The minimum atomic E-state index is -0.918. The Hall–Kier alpha value is -3.63. The molecule has 2 aromatic carbocycles. The van der Waals surface area contributed by atoms with Crippen molar-refractivity contribution in [2.24, 2.45) is 10.2 Å². The topological polar surface area (TPSA) is 164 Å². The number of hydrogen-bond donors (Lipinski definition) is 1. The largest absolute Gasteiger partial charge is 2.00 e. The standard InChI is InChI=1S/C17H26N2O5.C10H18N2O4.C7H7O.CH4.BrH.Mg/c1-16(2,3)23-14(20)18-19(15(21)24-17(4,5)6)12-8-10-13(22-7)11-9-12;1-9(2,3)15-7(13)11-12-8(14)16-10(4,5)6;1-8-7-5-3-2-4-6-7;;;/h8-11H,1-7H3,(H,18,20);1-6H3;3-6H,1H3;1H4;1H;/q;;-1;;;+2/p-1. The van der Waals surface area contributed by atoms with Crippen LogP contribution in [0.25, 0.3) is 0 Å². The molecular weight excluding hydrogens is 741 g/mol. The minimum absolute atomic E-state index is 0. The van der Waals surface area contributed by atoms with Gasteiger partial charge in [-0.05, 0) is 107 Å². The molecule has 51 heavy (non-hydrogen) atoms. The van der Waals surface area contributed by atoms with Crippen molar-refractivity contribution in [3.63, 3.8) is 0 Å². The third-order valence-electron chi connectivity index (χ3n) is 4.43. The summed E-state index contributed by atoms with van der Waals surface area (Å²) >= 11 is 0. The third kappa shape index (κ3) is 29.8. The van der Waals surface area contributed by atoms with Crippen LogP contribution < -0.4 is 36.9 Å². The van der Waals surface area contributed by atoms with Gasteiger partial charge in [0.05, 0.1) is 19.9 Å². The summed E-state index contributed by atoms with van der Waals surface area (Å²) in [4.78, 5) is 46.5. The van der Waals surface area contributed by atoms with Crippen molar-refractivity contribution in [2.45, 2.75) is 113 Å². The van der Waals surface area contributed by atoms with Crippen molar-refractivity contribution in [2.75, 3.05) is 19.2 Å². The monoisotopic (exact) mass is 794 g/mol. The Labute approximate surface area is 330 Å². The number of nitrogens with one attached hydrogen (secondary N) is 1. The zero-order chi connectivity index (χ0) is 37.3. The van der Waals surface area contributed by atoms with Gasteiger partial charge in [-0.1, -0.05) is 17.7 Å². The van der Waals surface area contributed by atoms with E-state index in [0.29, 0.717) is 11.4 Å². The predicted molar refractivity (Wildman–Crippen MR) is 193 cm³/mol. The van der Waals surface area contributed by atoms with Crippen LogP contribution in [0.1, 0.15) is 90.5 Å². The molecule has 4 amide bonds. The van der Waals surface area contributed by atoms with E-state index in [4.69, 9.17) is 28.4 Å². The Morgan fingerprint density at radius 3 is 1.27 bits per heavy atom. The number of azo groups is 1. The van der Waals surface area contributed by atoms with E-state index in [1.54, 1.807) is 122 Å². The molecule has 0 fully saturated rings. The van der Waals surface area contributed by atoms with Gasteiger partial charge in [-0.2, -0.15) is 23.2 Å². The van der Waals surface area contributed by atoms with Gasteiger partial charge in [0.25, 0.3) is 0 Å². The molecule has 16 heteroatoms. The fraction of sp³-hybridized carbons (Fsp3) is 0.543. The van der Waals surface area contributed by atoms with Crippen molar-refractivity contribution >= 4 is 53.1 Å². The van der Waals surface area contributed by atoms with Gasteiger partial charge in [-0.3, -0.25) is 0 Å². The molecule has 0 unspecified atom stereocenters. The third-order valence-corrected chi connectivity index (χ3v) is 4.43. The van der Waals surface area contributed by atoms with Crippen molar-refractivity contribution < 1.29 is 64.6 Å². The van der Waals surface area contributed by atoms with E-state index in [1.807, 2.05) is 24.3 Å². The summed E-state index contributed by atoms with van der Waals surface area (Å²) in [6.45, 7) is 20.6. The molecule has 14 nitrogen and oxygen atoms in total. The SMILES string of the molecule is C.CC(C)(C)OC(=O)N=NC(=O)OC(C)(C)C.COc1cc[c-]cc1.COc1ccc(N(NC(=O)OC(C)(C)C)C(=O)OC(C)(C)C)cc1.[Br-].[Mg+2]. The second-order valence-electron chi connectivity index (χ2n) is 13.7. The molecule has 0 spiro atoms. The molecule has 0 aromatic heterocycles. The summed E-state index contributed by atoms with van der Waals surface area (Å²) in [5.74, 6) is 1.50. The quantitative estimate of drug-likeness (QED) is 0.129. The van der Waals surface area contributed by atoms with E-state index in [1.165, 1.54) is 0 Å². The number of anilines is 1. The van der Waals surface area contributed by atoms with Crippen LogP contribution in [-0.2, 0) is 18.9 Å². The average molecular weight is 796 g/mol. The molecule has 2 aromatic rings. The molecular formula is C35H55BrMgN4O10. The smallest absolute Gasteiger partial charge is 1.00 e. The molecule has 0 bridgehead atoms. The Kier molecular flexibility index (Phi) is 26.0. The zero-order valence-electron chi connectivity index (χ0n) is 31.6. The Balaban J connectivity index is -0.000000353. The van der Waals surface area contributed by atoms with E-state index in [2.05, 4.69) is 21.7 Å². The molecule has 0 atom stereocenters. The Bertz CT molecular complexity index is 1300. The van der Waals surface area contributed by atoms with Gasteiger partial charge in [0, 0.05) is 5.75 Å². The molecule has 0 aliphatic rings. The van der Waals surface area contributed by atoms with Gasteiger partial charge in [0.15, 0.2) is 0 Å². The first-order valence-corrected chi connectivity index (χ1v) is 14.9. The van der Waals surface area contributed by atoms with E-state index in [-0.39, 0.29) is 47.5 Å². The second kappa shape index (κ2) is 24.5.